The van der Waals surface area contributed by atoms with Gasteiger partial charge >= 0.3 is 11.9 Å². The van der Waals surface area contributed by atoms with Crippen molar-refractivity contribution in [1.82, 2.24) is 0 Å². The van der Waals surface area contributed by atoms with E-state index in [2.05, 4.69) is 6.58 Å². The van der Waals surface area contributed by atoms with Crippen molar-refractivity contribution in [3.05, 3.63) is 57.7 Å². The highest BCUT2D eigenvalue weighted by Crippen LogP contribution is 2.17. The van der Waals surface area contributed by atoms with Crippen LogP contribution < -0.4 is 0 Å². The van der Waals surface area contributed by atoms with E-state index >= 15 is 0 Å². The van der Waals surface area contributed by atoms with E-state index in [1.165, 1.54) is 31.2 Å². The molecule has 1 aromatic carbocycles. The van der Waals surface area contributed by atoms with Crippen molar-refractivity contribution in [1.29, 1.82) is 0 Å². The molecule has 0 fully saturated rings. The maximum atomic E-state index is 11.2. The molecule has 0 saturated heterocycles. The fourth-order valence-corrected chi connectivity index (χ4v) is 1.55. The Morgan fingerprint density at radius 2 is 2.14 bits per heavy atom. The highest BCUT2D eigenvalue weighted by Gasteiger charge is 2.11. The van der Waals surface area contributed by atoms with Crippen LogP contribution in [0, 0.1) is 10.1 Å². The van der Waals surface area contributed by atoms with Crippen LogP contribution in [0.3, 0.4) is 0 Å². The summed E-state index contributed by atoms with van der Waals surface area (Å²) in [4.78, 5) is 32.5. The number of carboxylic acids is 1. The Morgan fingerprint density at radius 3 is 2.68 bits per heavy atom. The first-order valence-electron chi connectivity index (χ1n) is 6.32. The lowest BCUT2D eigenvalue weighted by Crippen LogP contribution is -2.09. The van der Waals surface area contributed by atoms with Crippen LogP contribution in [0.2, 0.25) is 0 Å². The number of non-ortho nitro benzene ring substituents is 1. The maximum Gasteiger partial charge on any atom is 0.333 e. The molecule has 0 aliphatic carbocycles. The maximum absolute atomic E-state index is 11.2. The molecule has 0 bridgehead atoms. The van der Waals surface area contributed by atoms with Gasteiger partial charge in [0.25, 0.3) is 5.69 Å². The molecule has 0 amide bonds. The van der Waals surface area contributed by atoms with E-state index in [0.29, 0.717) is 5.56 Å². The van der Waals surface area contributed by atoms with Gasteiger partial charge in [0.1, 0.15) is 0 Å². The number of nitro groups is 1. The summed E-state index contributed by atoms with van der Waals surface area (Å²) in [5.74, 6) is -1.78. The highest BCUT2D eigenvalue weighted by atomic mass is 16.6. The summed E-state index contributed by atoms with van der Waals surface area (Å²) < 4.78 is 4.83. The molecule has 0 spiro atoms. The number of aliphatic carboxylic acids is 1. The van der Waals surface area contributed by atoms with E-state index in [1.807, 2.05) is 0 Å². The number of carboxylic acid groups (broad SMARTS) is 1. The summed E-state index contributed by atoms with van der Waals surface area (Å²) in [6.45, 7) is 4.79. The summed E-state index contributed by atoms with van der Waals surface area (Å²) in [5.41, 5.74) is 0.458. The Labute approximate surface area is 126 Å². The number of esters is 1. The molecule has 0 aromatic heterocycles. The quantitative estimate of drug-likeness (QED) is 0.359. The van der Waals surface area contributed by atoms with Crippen LogP contribution in [0.25, 0.3) is 6.08 Å². The fraction of sp³-hybridized carbons (Fsp3) is 0.200. The Kier molecular flexibility index (Phi) is 6.00. The second kappa shape index (κ2) is 7.72. The zero-order chi connectivity index (χ0) is 16.7. The van der Waals surface area contributed by atoms with Crippen LogP contribution in [0.4, 0.5) is 5.69 Å². The Morgan fingerprint density at radius 1 is 1.45 bits per heavy atom. The number of hydrogen-bond donors (Lipinski definition) is 1. The Bertz CT molecular complexity index is 647. The zero-order valence-electron chi connectivity index (χ0n) is 11.9. The van der Waals surface area contributed by atoms with Crippen LogP contribution in [0.1, 0.15) is 18.9 Å². The molecule has 116 valence electrons. The van der Waals surface area contributed by atoms with Crippen LogP contribution in [0.15, 0.2) is 42.0 Å². The van der Waals surface area contributed by atoms with Crippen LogP contribution in [0.5, 0.6) is 0 Å². The molecule has 7 heteroatoms. The molecule has 0 aliphatic heterocycles. The summed E-state index contributed by atoms with van der Waals surface area (Å²) in [6.07, 6.45) is 1.29. The van der Waals surface area contributed by atoms with Gasteiger partial charge in [-0.2, -0.15) is 0 Å². The minimum absolute atomic E-state index is 0.0168. The molecular formula is C15H15NO6. The average molecular weight is 305 g/mol. The van der Waals surface area contributed by atoms with Crippen molar-refractivity contribution in [2.75, 3.05) is 6.61 Å². The number of carbonyl (C=O) groups excluding carboxylic acids is 1. The van der Waals surface area contributed by atoms with Gasteiger partial charge in [0.2, 0.25) is 0 Å². The van der Waals surface area contributed by atoms with Gasteiger partial charge in [0, 0.05) is 29.7 Å². The molecule has 22 heavy (non-hydrogen) atoms. The Hall–Kier alpha value is -2.96. The van der Waals surface area contributed by atoms with Crippen molar-refractivity contribution in [3.63, 3.8) is 0 Å². The molecule has 0 unspecified atom stereocenters. The third-order valence-corrected chi connectivity index (χ3v) is 2.65. The molecule has 0 radical (unpaired) electrons. The standard InChI is InChI=1S/C15H15NO6/c1-10(2)15(19)22-7-6-12(14(17)18)8-11-4-3-5-13(9-11)16(20)21/h3-5,8-9H,1,6-7H2,2H3,(H,17,18). The topological polar surface area (TPSA) is 107 Å². The van der Waals surface area contributed by atoms with Gasteiger partial charge in [-0.05, 0) is 18.6 Å². The number of benzene rings is 1. The predicted molar refractivity (Wildman–Crippen MR) is 79.1 cm³/mol. The molecule has 0 atom stereocenters. The number of nitro benzene ring substituents is 1. The van der Waals surface area contributed by atoms with E-state index in [9.17, 15) is 19.7 Å². The van der Waals surface area contributed by atoms with Gasteiger partial charge in [-0.3, -0.25) is 10.1 Å². The molecule has 0 saturated carbocycles. The van der Waals surface area contributed by atoms with Crippen molar-refractivity contribution in [2.24, 2.45) is 0 Å². The molecule has 1 rings (SSSR count). The zero-order valence-corrected chi connectivity index (χ0v) is 11.9. The largest absolute Gasteiger partial charge is 0.478 e. The van der Waals surface area contributed by atoms with E-state index in [-0.39, 0.29) is 29.9 Å². The van der Waals surface area contributed by atoms with Gasteiger partial charge in [0.15, 0.2) is 0 Å². The van der Waals surface area contributed by atoms with Crippen LogP contribution >= 0.6 is 0 Å². The smallest absolute Gasteiger partial charge is 0.333 e. The lowest BCUT2D eigenvalue weighted by atomic mass is 10.1. The molecule has 1 aromatic rings. The van der Waals surface area contributed by atoms with Gasteiger partial charge in [-0.1, -0.05) is 18.7 Å². The van der Waals surface area contributed by atoms with E-state index < -0.39 is 16.9 Å². The molecule has 7 nitrogen and oxygen atoms in total. The fourth-order valence-electron chi connectivity index (χ4n) is 1.55. The predicted octanol–water partition coefficient (Wildman–Crippen LogP) is 2.57. The highest BCUT2D eigenvalue weighted by molar-refractivity contribution is 5.92. The third-order valence-electron chi connectivity index (χ3n) is 2.65. The van der Waals surface area contributed by atoms with Gasteiger partial charge < -0.3 is 9.84 Å². The lowest BCUT2D eigenvalue weighted by Gasteiger charge is -2.05. The minimum atomic E-state index is -1.18. The van der Waals surface area contributed by atoms with Crippen molar-refractivity contribution in [3.8, 4) is 0 Å². The number of hydrogen-bond acceptors (Lipinski definition) is 5. The third kappa shape index (κ3) is 5.20. The summed E-state index contributed by atoms with van der Waals surface area (Å²) in [6, 6.07) is 5.59. The Balaban J connectivity index is 2.84. The molecule has 0 heterocycles. The number of ether oxygens (including phenoxy) is 1. The number of rotatable bonds is 7. The summed E-state index contributed by atoms with van der Waals surface area (Å²) in [7, 11) is 0. The summed E-state index contributed by atoms with van der Waals surface area (Å²) >= 11 is 0. The first kappa shape index (κ1) is 17.1. The van der Waals surface area contributed by atoms with Crippen molar-refractivity contribution < 1.29 is 24.4 Å². The normalized spacial score (nSPS) is 10.9. The number of nitrogens with zero attached hydrogens (tertiary/aromatic N) is 1. The van der Waals surface area contributed by atoms with Crippen LogP contribution in [-0.2, 0) is 14.3 Å². The van der Waals surface area contributed by atoms with Crippen LogP contribution in [-0.4, -0.2) is 28.6 Å². The molecule has 0 aliphatic rings. The van der Waals surface area contributed by atoms with E-state index in [4.69, 9.17) is 9.84 Å². The van der Waals surface area contributed by atoms with Crippen molar-refractivity contribution >= 4 is 23.7 Å². The minimum Gasteiger partial charge on any atom is -0.478 e. The summed E-state index contributed by atoms with van der Waals surface area (Å²) in [5, 5.41) is 19.8. The molecule has 1 N–H and O–H groups in total. The van der Waals surface area contributed by atoms with Gasteiger partial charge in [-0.25, -0.2) is 9.59 Å². The average Bonchev–Trinajstić information content (AvgIpc) is 2.45. The van der Waals surface area contributed by atoms with E-state index in [0.717, 1.165) is 0 Å². The van der Waals surface area contributed by atoms with Gasteiger partial charge in [0.05, 0.1) is 11.5 Å². The number of carbonyl (C=O) groups is 2. The second-order valence-corrected chi connectivity index (χ2v) is 4.49. The first-order valence-corrected chi connectivity index (χ1v) is 6.32. The van der Waals surface area contributed by atoms with Crippen molar-refractivity contribution in [2.45, 2.75) is 13.3 Å². The lowest BCUT2D eigenvalue weighted by molar-refractivity contribution is -0.384. The second-order valence-electron chi connectivity index (χ2n) is 4.49. The van der Waals surface area contributed by atoms with Gasteiger partial charge in [-0.15, -0.1) is 0 Å². The monoisotopic (exact) mass is 305 g/mol. The molecular weight excluding hydrogens is 290 g/mol. The SMILES string of the molecule is C=C(C)C(=O)OCCC(=Cc1cccc([N+](=O)[O-])c1)C(=O)O. The first-order chi connectivity index (χ1) is 10.3. The van der Waals surface area contributed by atoms with E-state index in [1.54, 1.807) is 6.07 Å².